The van der Waals surface area contributed by atoms with Gasteiger partial charge in [-0.05, 0) is 0 Å². The molecule has 0 bridgehead atoms. The average Bonchev–Trinajstić information content (AvgIpc) is 0.811. The van der Waals surface area contributed by atoms with E-state index in [0.29, 0.717) is 0 Å². The molecule has 0 saturated carbocycles. The summed E-state index contributed by atoms with van der Waals surface area (Å²) >= 11 is 0. The molecule has 0 aliphatic carbocycles. The molecule has 0 aliphatic heterocycles. The van der Waals surface area contributed by atoms with Crippen molar-refractivity contribution in [3.8, 4) is 0 Å². The van der Waals surface area contributed by atoms with E-state index in [1.807, 2.05) is 0 Å². The van der Waals surface area contributed by atoms with Gasteiger partial charge in [-0.3, -0.25) is 0 Å². The summed E-state index contributed by atoms with van der Waals surface area (Å²) in [6.07, 6.45) is 0. The van der Waals surface area contributed by atoms with Crippen molar-refractivity contribution in [2.24, 2.45) is 0 Å². The summed E-state index contributed by atoms with van der Waals surface area (Å²) in [4.78, 5) is 8.25. The van der Waals surface area contributed by atoms with Crippen molar-refractivity contribution in [2.45, 2.75) is 0 Å². The van der Waals surface area contributed by atoms with Gasteiger partial charge >= 0.3 is 54.4 Å². The van der Waals surface area contributed by atoms with Crippen molar-refractivity contribution in [1.82, 2.24) is 0 Å². The molecule has 0 aliphatic rings. The minimum Gasteiger partial charge on any atom is -0.356 e. The third-order valence-electron chi connectivity index (χ3n) is 0. The Balaban J connectivity index is -0.0000000450. The van der Waals surface area contributed by atoms with Gasteiger partial charge in [0.15, 0.2) is 0 Å². The Hall–Kier alpha value is 0.966. The quantitative estimate of drug-likeness (QED) is 0.350. The van der Waals surface area contributed by atoms with Gasteiger partial charge in [0.05, 0.1) is 5.09 Å². The number of nitrogens with zero attached hydrogens (tertiary/aromatic N) is 1. The molecule has 4 nitrogen and oxygen atoms in total. The second kappa shape index (κ2) is 9.35. The molecular formula is ErFeNO3+5. The number of rotatable bonds is 0. The fourth-order valence-corrected chi connectivity index (χ4v) is 0. The minimum atomic E-state index is -1.75. The molecule has 0 spiro atoms. The van der Waals surface area contributed by atoms with Gasteiger partial charge < -0.3 is 15.3 Å². The molecule has 0 fully saturated rings. The van der Waals surface area contributed by atoms with Crippen molar-refractivity contribution in [2.75, 3.05) is 0 Å². The van der Waals surface area contributed by atoms with Crippen LogP contribution in [0.3, 0.4) is 0 Å². The zero-order valence-corrected chi connectivity index (χ0v) is 5.27. The molecule has 0 aromatic carbocycles. The van der Waals surface area contributed by atoms with Gasteiger partial charge in [-0.25, -0.2) is 0 Å². The van der Waals surface area contributed by atoms with Gasteiger partial charge in [0, 0.05) is 0 Å². The Morgan fingerprint density at radius 3 is 1.33 bits per heavy atom. The topological polar surface area (TPSA) is 66.2 Å². The minimum absolute atomic E-state index is 0. The third-order valence-corrected chi connectivity index (χ3v) is 0. The summed E-state index contributed by atoms with van der Waals surface area (Å²) in [6.45, 7) is 0. The molecule has 2 radical (unpaired) electrons. The smallest absolute Gasteiger partial charge is 0.356 e. The Labute approximate surface area is 74.1 Å². The predicted octanol–water partition coefficient (Wildman–Crippen LogP) is -0.242. The van der Waals surface area contributed by atoms with Crippen molar-refractivity contribution < 1.29 is 59.5 Å². The van der Waals surface area contributed by atoms with E-state index in [4.69, 9.17) is 15.3 Å². The van der Waals surface area contributed by atoms with Crippen LogP contribution >= 0.6 is 0 Å². The second-order valence-electron chi connectivity index (χ2n) is 0.224. The van der Waals surface area contributed by atoms with Crippen molar-refractivity contribution in [1.29, 1.82) is 0 Å². The van der Waals surface area contributed by atoms with Crippen LogP contribution in [0.25, 0.3) is 0 Å². The molecule has 0 aromatic heterocycles. The van der Waals surface area contributed by atoms with Gasteiger partial charge in [0.1, 0.15) is 0 Å². The summed E-state index contributed by atoms with van der Waals surface area (Å²) in [5.41, 5.74) is 0. The molecule has 0 amide bonds. The van der Waals surface area contributed by atoms with E-state index in [1.54, 1.807) is 0 Å². The van der Waals surface area contributed by atoms with Gasteiger partial charge in [-0.2, -0.15) is 0 Å². The molecule has 0 atom stereocenters. The van der Waals surface area contributed by atoms with Gasteiger partial charge in [-0.1, -0.05) is 0 Å². The van der Waals surface area contributed by atoms with E-state index in [2.05, 4.69) is 0 Å². The molecule has 0 unspecified atom stereocenters. The molecule has 6 heteroatoms. The Bertz CT molecular complexity index is 33.8. The normalized spacial score (nSPS) is 4.00. The molecular weight excluding hydrogens is 285 g/mol. The van der Waals surface area contributed by atoms with Crippen LogP contribution in [-0.2, 0) is 17.1 Å². The Morgan fingerprint density at radius 2 is 1.33 bits per heavy atom. The van der Waals surface area contributed by atoms with Crippen LogP contribution in [-0.4, -0.2) is 5.09 Å². The second-order valence-corrected chi connectivity index (χ2v) is 0.224. The van der Waals surface area contributed by atoms with Gasteiger partial charge in [-0.15, -0.1) is 0 Å². The van der Waals surface area contributed by atoms with E-state index >= 15 is 0 Å². The third kappa shape index (κ3) is 83.7. The van der Waals surface area contributed by atoms with E-state index in [9.17, 15) is 0 Å². The average molecular weight is 285 g/mol. The molecule has 0 rings (SSSR count). The van der Waals surface area contributed by atoms with E-state index in [-0.39, 0.29) is 54.4 Å². The summed E-state index contributed by atoms with van der Waals surface area (Å²) in [5.74, 6) is 0. The fourth-order valence-electron chi connectivity index (χ4n) is 0. The van der Waals surface area contributed by atoms with E-state index in [0.717, 1.165) is 0 Å². The first-order valence-corrected chi connectivity index (χ1v) is 0.548. The standard InChI is InChI=1S/Er.Fe.NO3/c;;2-1(3)4/q2*+3;-1. The largest absolute Gasteiger partial charge is 3.00 e. The Morgan fingerprint density at radius 1 is 1.33 bits per heavy atom. The summed E-state index contributed by atoms with van der Waals surface area (Å²) in [5, 5.41) is 14.8. The first kappa shape index (κ1) is 15.8. The van der Waals surface area contributed by atoms with Crippen molar-refractivity contribution >= 4 is 0 Å². The fraction of sp³-hybridized carbons (Fsp3) is 0. The monoisotopic (exact) mass is 284 g/mol. The molecule has 0 heterocycles. The van der Waals surface area contributed by atoms with E-state index in [1.165, 1.54) is 0 Å². The molecule has 0 N–H and O–H groups in total. The Kier molecular flexibility index (Phi) is 24.6. The molecule has 0 aromatic rings. The van der Waals surface area contributed by atoms with Crippen LogP contribution in [0.4, 0.5) is 0 Å². The van der Waals surface area contributed by atoms with Crippen LogP contribution in [0, 0.1) is 52.6 Å². The van der Waals surface area contributed by atoms with Crippen LogP contribution < -0.4 is 0 Å². The van der Waals surface area contributed by atoms with Crippen molar-refractivity contribution in [3.05, 3.63) is 15.3 Å². The van der Waals surface area contributed by atoms with Crippen molar-refractivity contribution in [3.63, 3.8) is 0 Å². The number of hydrogen-bond donors (Lipinski definition) is 0. The van der Waals surface area contributed by atoms with Crippen LogP contribution in [0.5, 0.6) is 0 Å². The maximum atomic E-state index is 8.25. The molecule has 0 saturated heterocycles. The van der Waals surface area contributed by atoms with Gasteiger partial charge in [0.2, 0.25) is 0 Å². The van der Waals surface area contributed by atoms with Crippen LogP contribution in [0.1, 0.15) is 0 Å². The summed E-state index contributed by atoms with van der Waals surface area (Å²) in [7, 11) is 0. The zero-order valence-electron chi connectivity index (χ0n) is 2.31. The van der Waals surface area contributed by atoms with E-state index < -0.39 is 5.09 Å². The van der Waals surface area contributed by atoms with Crippen LogP contribution in [0.15, 0.2) is 0 Å². The predicted molar refractivity (Wildman–Crippen MR) is 10.4 cm³/mol. The first-order valence-electron chi connectivity index (χ1n) is 0.548. The van der Waals surface area contributed by atoms with Gasteiger partial charge in [0.25, 0.3) is 0 Å². The zero-order chi connectivity index (χ0) is 3.58. The molecule has 6 heavy (non-hydrogen) atoms. The SMILES string of the molecule is O=[N+]([O-])[O-].[Er+3].[Fe+3]. The maximum absolute atomic E-state index is 8.25. The summed E-state index contributed by atoms with van der Waals surface area (Å²) < 4.78 is 0. The summed E-state index contributed by atoms with van der Waals surface area (Å²) in [6, 6.07) is 0. The first-order chi connectivity index (χ1) is 1.73. The number of hydrogen-bond acceptors (Lipinski definition) is 3. The van der Waals surface area contributed by atoms with Crippen LogP contribution in [0.2, 0.25) is 0 Å². The molecule has 38 valence electrons. The maximum Gasteiger partial charge on any atom is 3.00 e.